The van der Waals surface area contributed by atoms with Crippen LogP contribution in [-0.2, 0) is 6.54 Å². The summed E-state index contributed by atoms with van der Waals surface area (Å²) in [4.78, 5) is 16.0. The Balaban J connectivity index is 1.94. The second-order valence-corrected chi connectivity index (χ2v) is 7.28. The van der Waals surface area contributed by atoms with Crippen molar-refractivity contribution < 1.29 is 4.79 Å². The van der Waals surface area contributed by atoms with Crippen LogP contribution in [0.3, 0.4) is 0 Å². The Morgan fingerprint density at radius 2 is 2.15 bits per heavy atom. The van der Waals surface area contributed by atoms with E-state index >= 15 is 0 Å². The van der Waals surface area contributed by atoms with E-state index in [9.17, 15) is 4.79 Å². The van der Waals surface area contributed by atoms with Gasteiger partial charge in [-0.1, -0.05) is 13.8 Å². The number of hydrazine groups is 1. The number of nitrogens with zero attached hydrogens (tertiary/aromatic N) is 1. The number of nitrogen functional groups attached to an aromatic ring is 1. The molecule has 0 aromatic carbocycles. The number of hydrogen-bond donors (Lipinski definition) is 2. The number of hydrogen-bond acceptors (Lipinski definition) is 4. The molecule has 0 spiro atoms. The van der Waals surface area contributed by atoms with Crippen LogP contribution in [0.1, 0.15) is 46.8 Å². The van der Waals surface area contributed by atoms with Gasteiger partial charge in [-0.05, 0) is 56.3 Å². The van der Waals surface area contributed by atoms with E-state index < -0.39 is 0 Å². The number of nitrogens with two attached hydrogens (primary N) is 1. The van der Waals surface area contributed by atoms with Crippen LogP contribution in [0, 0.1) is 18.8 Å². The van der Waals surface area contributed by atoms with Crippen molar-refractivity contribution in [1.82, 2.24) is 10.3 Å². The molecule has 2 heterocycles. The SMILES string of the molecule is Cc1sc(C(=O)NN)cc1CN1CCC(C(C)C)CC1. The molecular formula is C15H25N3OS. The van der Waals surface area contributed by atoms with Gasteiger partial charge in [-0.3, -0.25) is 15.1 Å². The van der Waals surface area contributed by atoms with Crippen molar-refractivity contribution in [2.24, 2.45) is 17.7 Å². The third kappa shape index (κ3) is 3.59. The van der Waals surface area contributed by atoms with Gasteiger partial charge in [0, 0.05) is 11.4 Å². The highest BCUT2D eigenvalue weighted by molar-refractivity contribution is 7.14. The summed E-state index contributed by atoms with van der Waals surface area (Å²) in [5.74, 6) is 6.66. The molecule has 0 atom stereocenters. The number of piperidine rings is 1. The van der Waals surface area contributed by atoms with E-state index in [1.54, 1.807) is 0 Å². The second kappa shape index (κ2) is 6.70. The van der Waals surface area contributed by atoms with Crippen LogP contribution in [0.15, 0.2) is 6.07 Å². The molecule has 20 heavy (non-hydrogen) atoms. The van der Waals surface area contributed by atoms with E-state index in [0.29, 0.717) is 4.88 Å². The Hall–Kier alpha value is -0.910. The lowest BCUT2D eigenvalue weighted by molar-refractivity contribution is 0.0957. The fourth-order valence-corrected chi connectivity index (χ4v) is 3.82. The molecule has 1 fully saturated rings. The Kier molecular flexibility index (Phi) is 5.18. The summed E-state index contributed by atoms with van der Waals surface area (Å²) < 4.78 is 0. The molecular weight excluding hydrogens is 270 g/mol. The van der Waals surface area contributed by atoms with Gasteiger partial charge in [0.1, 0.15) is 0 Å². The maximum absolute atomic E-state index is 11.5. The molecule has 0 bridgehead atoms. The standard InChI is InChI=1S/C15H25N3OS/c1-10(2)12-4-6-18(7-5-12)9-13-8-14(15(19)17-16)20-11(13)3/h8,10,12H,4-7,9,16H2,1-3H3,(H,17,19). The first-order chi connectivity index (χ1) is 9.51. The van der Waals surface area contributed by atoms with Crippen LogP contribution in [0.4, 0.5) is 0 Å². The molecule has 0 unspecified atom stereocenters. The lowest BCUT2D eigenvalue weighted by Gasteiger charge is -2.33. The lowest BCUT2D eigenvalue weighted by Crippen LogP contribution is -2.34. The average Bonchev–Trinajstić information content (AvgIpc) is 2.80. The fourth-order valence-electron chi connectivity index (χ4n) is 2.88. The van der Waals surface area contributed by atoms with Crippen LogP contribution in [0.5, 0.6) is 0 Å². The van der Waals surface area contributed by atoms with Crippen LogP contribution >= 0.6 is 11.3 Å². The van der Waals surface area contributed by atoms with Gasteiger partial charge in [-0.15, -0.1) is 11.3 Å². The number of aryl methyl sites for hydroxylation is 1. The van der Waals surface area contributed by atoms with E-state index in [1.807, 2.05) is 6.07 Å². The Morgan fingerprint density at radius 1 is 1.50 bits per heavy atom. The highest BCUT2D eigenvalue weighted by Gasteiger charge is 2.22. The number of carbonyl (C=O) groups excluding carboxylic acids is 1. The summed E-state index contributed by atoms with van der Waals surface area (Å²) in [6.45, 7) is 9.99. The molecule has 3 N–H and O–H groups in total. The summed E-state index contributed by atoms with van der Waals surface area (Å²) in [6.07, 6.45) is 2.58. The Morgan fingerprint density at radius 3 is 2.70 bits per heavy atom. The predicted octanol–water partition coefficient (Wildman–Crippen LogP) is 2.53. The van der Waals surface area contributed by atoms with Crippen molar-refractivity contribution in [2.45, 2.75) is 40.2 Å². The van der Waals surface area contributed by atoms with Crippen LogP contribution in [0.25, 0.3) is 0 Å². The third-order valence-corrected chi connectivity index (χ3v) is 5.44. The molecule has 0 radical (unpaired) electrons. The molecule has 1 saturated heterocycles. The van der Waals surface area contributed by atoms with Crippen LogP contribution in [0.2, 0.25) is 0 Å². The number of thiophene rings is 1. The van der Waals surface area contributed by atoms with Gasteiger partial charge in [-0.2, -0.15) is 0 Å². The summed E-state index contributed by atoms with van der Waals surface area (Å²) in [7, 11) is 0. The van der Waals surface area contributed by atoms with Gasteiger partial charge in [0.15, 0.2) is 0 Å². The minimum atomic E-state index is -0.192. The number of rotatable bonds is 4. The minimum Gasteiger partial charge on any atom is -0.299 e. The number of amides is 1. The molecule has 112 valence electrons. The molecule has 1 aliphatic heterocycles. The average molecular weight is 295 g/mol. The third-order valence-electron chi connectivity index (χ3n) is 4.34. The van der Waals surface area contributed by atoms with Crippen LogP contribution < -0.4 is 11.3 Å². The Labute approximate surface area is 125 Å². The molecule has 4 nitrogen and oxygen atoms in total. The Bertz CT molecular complexity index is 462. The molecule has 0 aliphatic carbocycles. The molecule has 1 aromatic heterocycles. The minimum absolute atomic E-state index is 0.192. The molecule has 2 rings (SSSR count). The first kappa shape index (κ1) is 15.5. The number of likely N-dealkylation sites (tertiary alicyclic amines) is 1. The molecule has 1 aliphatic rings. The van der Waals surface area contributed by atoms with Gasteiger partial charge in [0.05, 0.1) is 4.88 Å². The van der Waals surface area contributed by atoms with Gasteiger partial charge in [-0.25, -0.2) is 5.84 Å². The largest absolute Gasteiger partial charge is 0.299 e. The highest BCUT2D eigenvalue weighted by Crippen LogP contribution is 2.27. The highest BCUT2D eigenvalue weighted by atomic mass is 32.1. The summed E-state index contributed by atoms with van der Waals surface area (Å²) in [5, 5.41) is 0. The number of nitrogens with one attached hydrogen (secondary N) is 1. The van der Waals surface area contributed by atoms with Gasteiger partial charge >= 0.3 is 0 Å². The normalized spacial score (nSPS) is 17.6. The van der Waals surface area contributed by atoms with Gasteiger partial charge in [0.25, 0.3) is 5.91 Å². The van der Waals surface area contributed by atoms with Gasteiger partial charge in [0.2, 0.25) is 0 Å². The van der Waals surface area contributed by atoms with E-state index in [-0.39, 0.29) is 5.91 Å². The van der Waals surface area contributed by atoms with Crippen molar-refractivity contribution in [3.63, 3.8) is 0 Å². The van der Waals surface area contributed by atoms with Crippen LogP contribution in [-0.4, -0.2) is 23.9 Å². The fraction of sp³-hybridized carbons (Fsp3) is 0.667. The van der Waals surface area contributed by atoms with E-state index in [0.717, 1.165) is 31.5 Å². The maximum atomic E-state index is 11.5. The molecule has 1 amide bonds. The van der Waals surface area contributed by atoms with Crippen molar-refractivity contribution >= 4 is 17.2 Å². The molecule has 0 saturated carbocycles. The van der Waals surface area contributed by atoms with E-state index in [1.165, 1.54) is 34.6 Å². The van der Waals surface area contributed by atoms with Crippen molar-refractivity contribution in [1.29, 1.82) is 0 Å². The van der Waals surface area contributed by atoms with Crippen molar-refractivity contribution in [3.8, 4) is 0 Å². The monoisotopic (exact) mass is 295 g/mol. The summed E-state index contributed by atoms with van der Waals surface area (Å²) in [6, 6.07) is 1.98. The van der Waals surface area contributed by atoms with Crippen molar-refractivity contribution in [3.05, 3.63) is 21.4 Å². The van der Waals surface area contributed by atoms with Gasteiger partial charge < -0.3 is 0 Å². The summed E-state index contributed by atoms with van der Waals surface area (Å²) >= 11 is 1.52. The topological polar surface area (TPSA) is 58.4 Å². The van der Waals surface area contributed by atoms with E-state index in [4.69, 9.17) is 5.84 Å². The zero-order valence-corrected chi connectivity index (χ0v) is 13.4. The van der Waals surface area contributed by atoms with E-state index in [2.05, 4.69) is 31.1 Å². The molecule has 5 heteroatoms. The zero-order chi connectivity index (χ0) is 14.7. The summed E-state index contributed by atoms with van der Waals surface area (Å²) in [5.41, 5.74) is 3.46. The lowest BCUT2D eigenvalue weighted by atomic mass is 9.86. The first-order valence-corrected chi connectivity index (χ1v) is 8.15. The first-order valence-electron chi connectivity index (χ1n) is 7.34. The smallest absolute Gasteiger partial charge is 0.275 e. The molecule has 1 aromatic rings. The zero-order valence-electron chi connectivity index (χ0n) is 12.6. The quantitative estimate of drug-likeness (QED) is 0.510. The van der Waals surface area contributed by atoms with Crippen molar-refractivity contribution in [2.75, 3.05) is 13.1 Å². The predicted molar refractivity (Wildman–Crippen MR) is 83.5 cm³/mol. The maximum Gasteiger partial charge on any atom is 0.275 e. The number of carbonyl (C=O) groups is 1. The second-order valence-electron chi connectivity index (χ2n) is 6.02.